The van der Waals surface area contributed by atoms with E-state index < -0.39 is 12.0 Å². The van der Waals surface area contributed by atoms with E-state index in [1.165, 1.54) is 11.9 Å². The Labute approximate surface area is 147 Å². The normalized spacial score (nSPS) is 12.8. The summed E-state index contributed by atoms with van der Waals surface area (Å²) in [5, 5.41) is 8.70. The van der Waals surface area contributed by atoms with E-state index in [2.05, 4.69) is 9.71 Å². The lowest BCUT2D eigenvalue weighted by atomic mass is 10.1. The monoisotopic (exact) mass is 354 g/mol. The first kappa shape index (κ1) is 20.1. The number of carboxylic acids is 1. The molecule has 1 aromatic carbocycles. The number of methoxy groups -OCH3 is 1. The molecule has 6 N–H and O–H groups in total. The zero-order chi connectivity index (χ0) is 18.3. The molecule has 24 heavy (non-hydrogen) atoms. The fraction of sp³-hybridized carbons (Fsp3) is 0.500. The van der Waals surface area contributed by atoms with E-state index in [-0.39, 0.29) is 0 Å². The number of aliphatic imine (C=N–C) groups is 1. The van der Waals surface area contributed by atoms with Gasteiger partial charge >= 0.3 is 5.97 Å². The van der Waals surface area contributed by atoms with Gasteiger partial charge in [0.05, 0.1) is 7.11 Å². The quantitative estimate of drug-likeness (QED) is 0.243. The Bertz CT molecular complexity index is 620. The zero-order valence-corrected chi connectivity index (χ0v) is 15.4. The summed E-state index contributed by atoms with van der Waals surface area (Å²) in [6.07, 6.45) is 0.940. The molecule has 1 atom stereocenters. The average molecular weight is 354 g/mol. The van der Waals surface area contributed by atoms with Gasteiger partial charge in [0.15, 0.2) is 5.96 Å². The number of carboxylic acid groups (broad SMARTS) is 1. The third kappa shape index (κ3) is 5.61. The molecule has 1 aromatic rings. The highest BCUT2D eigenvalue weighted by Gasteiger charge is 2.12. The van der Waals surface area contributed by atoms with Crippen molar-refractivity contribution in [3.63, 3.8) is 0 Å². The third-order valence-electron chi connectivity index (χ3n) is 3.73. The molecule has 134 valence electrons. The van der Waals surface area contributed by atoms with Gasteiger partial charge in [-0.25, -0.2) is 0 Å². The number of carbonyl (C=O) groups is 1. The smallest absolute Gasteiger partial charge is 0.320 e. The van der Waals surface area contributed by atoms with E-state index in [4.69, 9.17) is 21.3 Å². The number of aryl methyl sites for hydroxylation is 1. The van der Waals surface area contributed by atoms with Crippen LogP contribution in [0.25, 0.3) is 0 Å². The summed E-state index contributed by atoms with van der Waals surface area (Å²) in [4.78, 5) is 15.9. The van der Waals surface area contributed by atoms with Crippen LogP contribution in [-0.2, 0) is 4.79 Å². The summed E-state index contributed by atoms with van der Waals surface area (Å²) in [5.74, 6) is 0.170. The Morgan fingerprint density at radius 2 is 2.08 bits per heavy atom. The van der Waals surface area contributed by atoms with E-state index in [1.807, 2.05) is 26.8 Å². The summed E-state index contributed by atoms with van der Waals surface area (Å²) in [6.45, 7) is 6.50. The number of guanidine groups is 1. The van der Waals surface area contributed by atoms with E-state index in [0.29, 0.717) is 25.3 Å². The van der Waals surface area contributed by atoms with Gasteiger partial charge < -0.3 is 21.3 Å². The molecule has 0 unspecified atom stereocenters. The molecule has 0 saturated heterocycles. The van der Waals surface area contributed by atoms with Gasteiger partial charge in [-0.3, -0.25) is 14.5 Å². The van der Waals surface area contributed by atoms with Crippen molar-refractivity contribution in [1.29, 1.82) is 0 Å². The lowest BCUT2D eigenvalue weighted by Crippen LogP contribution is -2.30. The maximum atomic E-state index is 10.6. The summed E-state index contributed by atoms with van der Waals surface area (Å²) < 4.78 is 8.37. The number of ether oxygens (including phenoxy) is 1. The molecule has 0 fully saturated rings. The molecule has 0 amide bonds. The lowest BCUT2D eigenvalue weighted by molar-refractivity contribution is -0.138. The van der Waals surface area contributed by atoms with Crippen LogP contribution >= 0.6 is 11.9 Å². The van der Waals surface area contributed by atoms with Crippen LogP contribution < -0.4 is 20.9 Å². The number of benzene rings is 1. The minimum atomic E-state index is -0.999. The SMILES string of the molecule is COc1cc(C)c(SNC(N)=NCCC[C@H](N)C(=O)O)c(C)c1C. The van der Waals surface area contributed by atoms with Crippen molar-refractivity contribution in [2.24, 2.45) is 16.5 Å². The largest absolute Gasteiger partial charge is 0.496 e. The summed E-state index contributed by atoms with van der Waals surface area (Å²) in [7, 11) is 1.66. The van der Waals surface area contributed by atoms with Gasteiger partial charge in [-0.05, 0) is 68.3 Å². The molecular weight excluding hydrogens is 328 g/mol. The summed E-state index contributed by atoms with van der Waals surface area (Å²) >= 11 is 1.40. The van der Waals surface area contributed by atoms with Gasteiger partial charge in [-0.15, -0.1) is 0 Å². The minimum absolute atomic E-state index is 0.302. The van der Waals surface area contributed by atoms with Crippen LogP contribution in [-0.4, -0.2) is 36.7 Å². The molecule has 0 aliphatic rings. The topological polar surface area (TPSA) is 123 Å². The highest BCUT2D eigenvalue weighted by Crippen LogP contribution is 2.32. The van der Waals surface area contributed by atoms with Crippen molar-refractivity contribution in [1.82, 2.24) is 4.72 Å². The first-order valence-electron chi connectivity index (χ1n) is 7.63. The van der Waals surface area contributed by atoms with Crippen LogP contribution in [0.3, 0.4) is 0 Å². The van der Waals surface area contributed by atoms with Crippen LogP contribution in [0.15, 0.2) is 16.0 Å². The first-order chi connectivity index (χ1) is 11.3. The predicted molar refractivity (Wildman–Crippen MR) is 97.5 cm³/mol. The van der Waals surface area contributed by atoms with E-state index >= 15 is 0 Å². The van der Waals surface area contributed by atoms with Crippen molar-refractivity contribution < 1.29 is 14.6 Å². The summed E-state index contributed by atoms with van der Waals surface area (Å²) in [5.41, 5.74) is 14.6. The van der Waals surface area contributed by atoms with Crippen molar-refractivity contribution in [2.45, 2.75) is 44.6 Å². The average Bonchev–Trinajstić information content (AvgIpc) is 2.54. The second-order valence-electron chi connectivity index (χ2n) is 5.53. The molecule has 0 aliphatic heterocycles. The maximum Gasteiger partial charge on any atom is 0.320 e. The van der Waals surface area contributed by atoms with Gasteiger partial charge in [-0.2, -0.15) is 0 Å². The maximum absolute atomic E-state index is 10.6. The predicted octanol–water partition coefficient (Wildman–Crippen LogP) is 1.72. The van der Waals surface area contributed by atoms with E-state index in [0.717, 1.165) is 27.3 Å². The van der Waals surface area contributed by atoms with Gasteiger partial charge in [0, 0.05) is 11.4 Å². The fourth-order valence-corrected chi connectivity index (χ4v) is 2.96. The zero-order valence-electron chi connectivity index (χ0n) is 14.5. The first-order valence-corrected chi connectivity index (χ1v) is 8.45. The van der Waals surface area contributed by atoms with Crippen LogP contribution in [0.1, 0.15) is 29.5 Å². The highest BCUT2D eigenvalue weighted by molar-refractivity contribution is 7.98. The molecule has 8 heteroatoms. The number of rotatable bonds is 8. The molecule has 0 aliphatic carbocycles. The van der Waals surface area contributed by atoms with Crippen LogP contribution in [0.5, 0.6) is 5.75 Å². The van der Waals surface area contributed by atoms with E-state index in [9.17, 15) is 4.79 Å². The van der Waals surface area contributed by atoms with Gasteiger partial charge in [-0.1, -0.05) is 0 Å². The Morgan fingerprint density at radius 3 is 2.67 bits per heavy atom. The molecule has 0 heterocycles. The number of aliphatic carboxylic acids is 1. The Hall–Kier alpha value is -1.93. The Kier molecular flexibility index (Phi) is 7.87. The molecule has 0 bridgehead atoms. The highest BCUT2D eigenvalue weighted by atomic mass is 32.2. The van der Waals surface area contributed by atoms with Crippen LogP contribution in [0.2, 0.25) is 0 Å². The molecule has 1 rings (SSSR count). The second-order valence-corrected chi connectivity index (χ2v) is 6.35. The van der Waals surface area contributed by atoms with Crippen LogP contribution in [0.4, 0.5) is 0 Å². The summed E-state index contributed by atoms with van der Waals surface area (Å²) in [6, 6.07) is 1.14. The Morgan fingerprint density at radius 1 is 1.42 bits per heavy atom. The molecule has 0 radical (unpaired) electrons. The van der Waals surface area contributed by atoms with E-state index in [1.54, 1.807) is 7.11 Å². The van der Waals surface area contributed by atoms with Crippen molar-refractivity contribution >= 4 is 23.9 Å². The molecule has 7 nitrogen and oxygen atoms in total. The molecule has 0 aromatic heterocycles. The second kappa shape index (κ2) is 9.39. The van der Waals surface area contributed by atoms with Crippen molar-refractivity contribution in [3.8, 4) is 5.75 Å². The van der Waals surface area contributed by atoms with Crippen molar-refractivity contribution in [2.75, 3.05) is 13.7 Å². The van der Waals surface area contributed by atoms with Crippen LogP contribution in [0, 0.1) is 20.8 Å². The standard InChI is InChI=1S/C16H26N4O3S/c1-9-8-13(23-4)10(2)11(3)14(9)24-20-16(18)19-7-5-6-12(17)15(21)22/h8,12H,5-7,17H2,1-4H3,(H,21,22)(H3,18,19,20)/t12-/m0/s1. The molecule has 0 saturated carbocycles. The van der Waals surface area contributed by atoms with Gasteiger partial charge in [0.25, 0.3) is 0 Å². The molecular formula is C16H26N4O3S. The van der Waals surface area contributed by atoms with Gasteiger partial charge in [0.2, 0.25) is 0 Å². The number of nitrogens with one attached hydrogen (secondary N) is 1. The number of nitrogens with two attached hydrogens (primary N) is 2. The van der Waals surface area contributed by atoms with Gasteiger partial charge in [0.1, 0.15) is 11.8 Å². The number of nitrogens with zero attached hydrogens (tertiary/aromatic N) is 1. The lowest BCUT2D eigenvalue weighted by Gasteiger charge is -2.15. The fourth-order valence-electron chi connectivity index (χ4n) is 2.16. The van der Waals surface area contributed by atoms with Crippen molar-refractivity contribution in [3.05, 3.63) is 22.8 Å². The molecule has 0 spiro atoms. The third-order valence-corrected chi connectivity index (χ3v) is 4.87. The Balaban J connectivity index is 2.58. The minimum Gasteiger partial charge on any atom is -0.496 e. The number of hydrogen-bond donors (Lipinski definition) is 4. The number of hydrogen-bond acceptors (Lipinski definition) is 5.